The molecule has 2 N–H and O–H groups in total. The molecule has 0 aliphatic heterocycles. The maximum Gasteiger partial charge on any atom is 0.230 e. The van der Waals surface area contributed by atoms with Crippen LogP contribution in [-0.2, 0) is 15.5 Å². The highest BCUT2D eigenvalue weighted by Crippen LogP contribution is 2.31. The molecule has 2 aromatic carbocycles. The Kier molecular flexibility index (Phi) is 7.17. The van der Waals surface area contributed by atoms with E-state index in [4.69, 9.17) is 9.52 Å². The number of benzene rings is 2. The van der Waals surface area contributed by atoms with E-state index >= 15 is 0 Å². The average molecular weight is 470 g/mol. The minimum absolute atomic E-state index is 0.169. The molecule has 1 aromatic heterocycles. The zero-order valence-electron chi connectivity index (χ0n) is 18.6. The number of hydrogen-bond acceptors (Lipinski definition) is 7. The second kappa shape index (κ2) is 10.2. The predicted octanol–water partition coefficient (Wildman–Crippen LogP) is 5.56. The highest BCUT2D eigenvalue weighted by molar-refractivity contribution is 7.90. The van der Waals surface area contributed by atoms with Gasteiger partial charge in [-0.15, -0.1) is 0 Å². The summed E-state index contributed by atoms with van der Waals surface area (Å²) in [7, 11) is -2.65. The zero-order valence-corrected chi connectivity index (χ0v) is 19.4. The minimum atomic E-state index is -2.65. The van der Waals surface area contributed by atoms with Gasteiger partial charge in [-0.25, -0.2) is 18.6 Å². The lowest BCUT2D eigenvalue weighted by Crippen LogP contribution is -2.15. The van der Waals surface area contributed by atoms with Gasteiger partial charge in [0.25, 0.3) is 0 Å². The summed E-state index contributed by atoms with van der Waals surface area (Å²) in [6, 6.07) is 11.7. The molecule has 1 atom stereocenters. The van der Waals surface area contributed by atoms with Crippen molar-refractivity contribution in [1.82, 2.24) is 15.0 Å². The van der Waals surface area contributed by atoms with E-state index in [0.29, 0.717) is 41.3 Å². The molecule has 0 saturated heterocycles. The van der Waals surface area contributed by atoms with Crippen LogP contribution in [0.2, 0.25) is 0 Å². The van der Waals surface area contributed by atoms with Gasteiger partial charge < -0.3 is 10.1 Å². The van der Waals surface area contributed by atoms with Gasteiger partial charge in [-0.3, -0.25) is 4.78 Å². The monoisotopic (exact) mass is 469 g/mol. The molecular formula is C24H28FN5O2S. The first kappa shape index (κ1) is 23.1. The Morgan fingerprint density at radius 2 is 1.97 bits per heavy atom. The van der Waals surface area contributed by atoms with Crippen molar-refractivity contribution in [2.45, 2.75) is 37.9 Å². The summed E-state index contributed by atoms with van der Waals surface area (Å²) in [6.07, 6.45) is 8.78. The summed E-state index contributed by atoms with van der Waals surface area (Å²) in [5, 5.41) is 3.12. The maximum atomic E-state index is 14.0. The maximum absolute atomic E-state index is 14.0. The van der Waals surface area contributed by atoms with Crippen molar-refractivity contribution in [2.75, 3.05) is 18.2 Å². The second-order valence-corrected chi connectivity index (χ2v) is 10.9. The van der Waals surface area contributed by atoms with Crippen molar-refractivity contribution in [2.24, 2.45) is 5.92 Å². The van der Waals surface area contributed by atoms with E-state index in [0.717, 1.165) is 18.4 Å². The van der Waals surface area contributed by atoms with Crippen LogP contribution < -0.4 is 10.1 Å². The molecule has 0 amide bonds. The number of hydrogen-bond donors (Lipinski definition) is 2. The fourth-order valence-electron chi connectivity index (χ4n) is 4.03. The van der Waals surface area contributed by atoms with Crippen LogP contribution in [0.5, 0.6) is 5.75 Å². The number of ether oxygens (including phenoxy) is 1. The van der Waals surface area contributed by atoms with Crippen molar-refractivity contribution in [3.63, 3.8) is 0 Å². The summed E-state index contributed by atoms with van der Waals surface area (Å²) in [5.41, 5.74) is 2.10. The molecule has 0 bridgehead atoms. The first-order valence-electron chi connectivity index (χ1n) is 11.0. The minimum Gasteiger partial charge on any atom is -0.492 e. The third-order valence-corrected chi connectivity index (χ3v) is 6.47. The predicted molar refractivity (Wildman–Crippen MR) is 128 cm³/mol. The van der Waals surface area contributed by atoms with Crippen LogP contribution in [0.1, 0.15) is 37.7 Å². The summed E-state index contributed by atoms with van der Waals surface area (Å²) in [6.45, 7) is 0.552. The molecule has 4 rings (SSSR count). The molecule has 1 aliphatic rings. The lowest BCUT2D eigenvalue weighted by atomic mass is 9.90. The van der Waals surface area contributed by atoms with Crippen molar-refractivity contribution < 1.29 is 13.3 Å². The number of rotatable bonds is 8. The molecule has 1 fully saturated rings. The second-order valence-electron chi connectivity index (χ2n) is 8.56. The van der Waals surface area contributed by atoms with Crippen LogP contribution in [0.25, 0.3) is 11.4 Å². The smallest absolute Gasteiger partial charge is 0.230 e. The van der Waals surface area contributed by atoms with E-state index in [1.165, 1.54) is 44.0 Å². The summed E-state index contributed by atoms with van der Waals surface area (Å²) >= 11 is 0. The van der Waals surface area contributed by atoms with Crippen molar-refractivity contribution in [3.05, 3.63) is 60.2 Å². The van der Waals surface area contributed by atoms with E-state index in [9.17, 15) is 8.60 Å². The first-order valence-corrected chi connectivity index (χ1v) is 13.2. The highest BCUT2D eigenvalue weighted by atomic mass is 32.2. The number of nitrogens with zero attached hydrogens (tertiary/aromatic N) is 3. The molecule has 1 unspecified atom stereocenters. The summed E-state index contributed by atoms with van der Waals surface area (Å²) in [4.78, 5) is 13.0. The van der Waals surface area contributed by atoms with Gasteiger partial charge in [0, 0.05) is 27.7 Å². The normalized spacial score (nSPS) is 16.2. The van der Waals surface area contributed by atoms with Crippen LogP contribution in [0, 0.1) is 16.5 Å². The van der Waals surface area contributed by atoms with Crippen molar-refractivity contribution in [1.29, 1.82) is 4.78 Å². The molecule has 1 saturated carbocycles. The Bertz CT molecular complexity index is 1210. The number of anilines is 2. The molecule has 1 aliphatic carbocycles. The van der Waals surface area contributed by atoms with Crippen molar-refractivity contribution in [3.8, 4) is 17.1 Å². The Morgan fingerprint density at radius 1 is 1.15 bits per heavy atom. The zero-order chi connectivity index (χ0) is 23.3. The molecule has 9 heteroatoms. The molecule has 174 valence electrons. The van der Waals surface area contributed by atoms with Gasteiger partial charge >= 0.3 is 0 Å². The number of halogens is 1. The van der Waals surface area contributed by atoms with Gasteiger partial charge in [0.2, 0.25) is 5.95 Å². The van der Waals surface area contributed by atoms with Crippen LogP contribution in [0.3, 0.4) is 0 Å². The number of nitrogens with one attached hydrogen (secondary N) is 2. The Balaban J connectivity index is 1.53. The number of aromatic nitrogens is 3. The Hall–Kier alpha value is -3.07. The Labute approximate surface area is 193 Å². The first-order chi connectivity index (χ1) is 15.9. The van der Waals surface area contributed by atoms with E-state index in [2.05, 4.69) is 20.3 Å². The summed E-state index contributed by atoms with van der Waals surface area (Å²) < 4.78 is 39.5. The highest BCUT2D eigenvalue weighted by Gasteiger charge is 2.17. The molecule has 33 heavy (non-hydrogen) atoms. The SMILES string of the molecule is CS(=N)(=O)Cc1cccc(Nc2ncnc(-c3ccc(F)cc3OCC3CCCCC3)n2)c1. The average Bonchev–Trinajstić information content (AvgIpc) is 2.78. The van der Waals surface area contributed by atoms with Crippen LogP contribution in [0.15, 0.2) is 48.8 Å². The van der Waals surface area contributed by atoms with Crippen LogP contribution in [0.4, 0.5) is 16.0 Å². The van der Waals surface area contributed by atoms with Gasteiger partial charge in [0.1, 0.15) is 17.9 Å². The van der Waals surface area contributed by atoms with Gasteiger partial charge in [-0.1, -0.05) is 31.4 Å². The molecule has 0 radical (unpaired) electrons. The fourth-order valence-corrected chi connectivity index (χ4v) is 4.85. The van der Waals surface area contributed by atoms with Crippen LogP contribution in [-0.4, -0.2) is 32.0 Å². The Morgan fingerprint density at radius 3 is 2.76 bits per heavy atom. The van der Waals surface area contributed by atoms with E-state index < -0.39 is 9.73 Å². The van der Waals surface area contributed by atoms with Crippen LogP contribution >= 0.6 is 0 Å². The van der Waals surface area contributed by atoms with E-state index in [-0.39, 0.29) is 11.6 Å². The topological polar surface area (TPSA) is 101 Å². The van der Waals surface area contributed by atoms with Gasteiger partial charge in [-0.05, 0) is 48.6 Å². The summed E-state index contributed by atoms with van der Waals surface area (Å²) in [5.74, 6) is 1.41. The molecular weight excluding hydrogens is 441 g/mol. The fraction of sp³-hybridized carbons (Fsp3) is 0.375. The van der Waals surface area contributed by atoms with Gasteiger partial charge in [-0.2, -0.15) is 4.98 Å². The molecule has 7 nitrogen and oxygen atoms in total. The lowest BCUT2D eigenvalue weighted by molar-refractivity contribution is 0.209. The lowest BCUT2D eigenvalue weighted by Gasteiger charge is -2.22. The largest absolute Gasteiger partial charge is 0.492 e. The molecule has 3 aromatic rings. The molecule has 0 spiro atoms. The standard InChI is InChI=1S/C24H28FN5O2S/c1-33(26,31)15-18-8-5-9-20(12-18)29-24-28-16-27-23(30-24)21-11-10-19(25)13-22(21)32-14-17-6-3-2-4-7-17/h5,8-13,16-17,26H,2-4,6-7,14-15H2,1H3,(H,27,28,29,30). The third-order valence-electron chi connectivity index (χ3n) is 5.58. The van der Waals surface area contributed by atoms with E-state index in [1.54, 1.807) is 6.07 Å². The van der Waals surface area contributed by atoms with Gasteiger partial charge in [0.05, 0.1) is 17.9 Å². The van der Waals surface area contributed by atoms with Crippen molar-refractivity contribution >= 4 is 21.4 Å². The molecule has 1 heterocycles. The van der Waals surface area contributed by atoms with E-state index in [1.807, 2.05) is 24.3 Å². The third kappa shape index (κ3) is 6.71. The quantitative estimate of drug-likeness (QED) is 0.448. The van der Waals surface area contributed by atoms with Gasteiger partial charge in [0.15, 0.2) is 5.82 Å².